The minimum absolute atomic E-state index is 0.326. The van der Waals surface area contributed by atoms with Crippen LogP contribution in [0.3, 0.4) is 0 Å². The molecule has 0 aliphatic carbocycles. The molecule has 1 aromatic rings. The monoisotopic (exact) mass is 289 g/mol. The number of benzene rings is 1. The number of hydrogen-bond acceptors (Lipinski definition) is 3. The van der Waals surface area contributed by atoms with E-state index in [9.17, 15) is 12.8 Å². The molecule has 1 N–H and O–H groups in total. The summed E-state index contributed by atoms with van der Waals surface area (Å²) < 4.78 is 39.8. The van der Waals surface area contributed by atoms with E-state index in [4.69, 9.17) is 5.11 Å². The first-order valence-electron chi connectivity index (χ1n) is 6.05. The second-order valence-electron chi connectivity index (χ2n) is 5.06. The minimum Gasteiger partial charge on any atom is -0.392 e. The highest BCUT2D eigenvalue weighted by Gasteiger charge is 2.34. The number of sulfonamides is 1. The van der Waals surface area contributed by atoms with E-state index in [0.29, 0.717) is 12.0 Å². The predicted octanol–water partition coefficient (Wildman–Crippen LogP) is 2.13. The van der Waals surface area contributed by atoms with Gasteiger partial charge in [0.2, 0.25) is 10.0 Å². The standard InChI is InChI=1S/C13H20FNO3S/c1-5-13(2,3)15(4)19(17,18)12-7-6-10(9-16)8-11(12)14/h6-8,16H,5,9H2,1-4H3. The Hall–Kier alpha value is -0.980. The summed E-state index contributed by atoms with van der Waals surface area (Å²) in [5.74, 6) is -0.842. The molecule has 0 saturated carbocycles. The Morgan fingerprint density at radius 1 is 1.37 bits per heavy atom. The van der Waals surface area contributed by atoms with Gasteiger partial charge in [0.25, 0.3) is 0 Å². The average Bonchev–Trinajstić information content (AvgIpc) is 2.37. The van der Waals surface area contributed by atoms with E-state index in [2.05, 4.69) is 0 Å². The van der Waals surface area contributed by atoms with Crippen LogP contribution in [0.4, 0.5) is 4.39 Å². The quantitative estimate of drug-likeness (QED) is 0.903. The molecule has 6 heteroatoms. The largest absolute Gasteiger partial charge is 0.392 e. The van der Waals surface area contributed by atoms with Crippen molar-refractivity contribution in [2.24, 2.45) is 0 Å². The highest BCUT2D eigenvalue weighted by Crippen LogP contribution is 2.27. The molecule has 0 heterocycles. The highest BCUT2D eigenvalue weighted by atomic mass is 32.2. The highest BCUT2D eigenvalue weighted by molar-refractivity contribution is 7.89. The molecule has 0 unspecified atom stereocenters. The molecule has 0 aliphatic heterocycles. The Morgan fingerprint density at radius 3 is 2.37 bits per heavy atom. The Labute approximate surface area is 113 Å². The molecule has 0 spiro atoms. The van der Waals surface area contributed by atoms with Crippen LogP contribution in [-0.2, 0) is 16.6 Å². The molecule has 0 aromatic heterocycles. The van der Waals surface area contributed by atoms with E-state index < -0.39 is 21.4 Å². The maximum absolute atomic E-state index is 13.9. The molecule has 108 valence electrons. The van der Waals surface area contributed by atoms with Crippen LogP contribution in [0.2, 0.25) is 0 Å². The van der Waals surface area contributed by atoms with Crippen LogP contribution in [0, 0.1) is 5.82 Å². The van der Waals surface area contributed by atoms with Crippen molar-refractivity contribution in [1.29, 1.82) is 0 Å². The summed E-state index contributed by atoms with van der Waals surface area (Å²) in [4.78, 5) is -0.367. The van der Waals surface area contributed by atoms with Gasteiger partial charge in [-0.15, -0.1) is 0 Å². The number of hydrogen-bond donors (Lipinski definition) is 1. The smallest absolute Gasteiger partial charge is 0.246 e. The maximum Gasteiger partial charge on any atom is 0.246 e. The SMILES string of the molecule is CCC(C)(C)N(C)S(=O)(=O)c1ccc(CO)cc1F. The van der Waals surface area contributed by atoms with Crippen molar-refractivity contribution in [3.63, 3.8) is 0 Å². The van der Waals surface area contributed by atoms with Crippen molar-refractivity contribution in [2.75, 3.05) is 7.05 Å². The summed E-state index contributed by atoms with van der Waals surface area (Å²) in [5.41, 5.74) is -0.255. The molecule has 0 fully saturated rings. The number of aliphatic hydroxyl groups excluding tert-OH is 1. The van der Waals surface area contributed by atoms with Crippen molar-refractivity contribution < 1.29 is 17.9 Å². The molecular formula is C13H20FNO3S. The summed E-state index contributed by atoms with van der Waals surface area (Å²) in [5, 5.41) is 8.91. The number of halogens is 1. The van der Waals surface area contributed by atoms with Crippen LogP contribution in [0.15, 0.2) is 23.1 Å². The van der Waals surface area contributed by atoms with Gasteiger partial charge in [-0.2, -0.15) is 4.31 Å². The first kappa shape index (κ1) is 16.1. The molecule has 4 nitrogen and oxygen atoms in total. The third kappa shape index (κ3) is 3.13. The molecule has 0 amide bonds. The summed E-state index contributed by atoms with van der Waals surface area (Å²) in [6.07, 6.45) is 0.610. The Balaban J connectivity index is 3.28. The normalized spacial score (nSPS) is 13.0. The average molecular weight is 289 g/mol. The minimum atomic E-state index is -3.89. The second kappa shape index (κ2) is 5.56. The zero-order valence-electron chi connectivity index (χ0n) is 11.6. The number of nitrogens with zero attached hydrogens (tertiary/aromatic N) is 1. The molecule has 0 bridgehead atoms. The van der Waals surface area contributed by atoms with Crippen molar-refractivity contribution in [1.82, 2.24) is 4.31 Å². The van der Waals surface area contributed by atoms with E-state index in [1.54, 1.807) is 13.8 Å². The van der Waals surface area contributed by atoms with Gasteiger partial charge < -0.3 is 5.11 Å². The second-order valence-corrected chi connectivity index (χ2v) is 7.00. The van der Waals surface area contributed by atoms with Gasteiger partial charge in [0.1, 0.15) is 10.7 Å². The number of aliphatic hydroxyl groups is 1. The Morgan fingerprint density at radius 2 is 1.95 bits per heavy atom. The lowest BCUT2D eigenvalue weighted by Crippen LogP contribution is -2.44. The van der Waals surface area contributed by atoms with E-state index in [1.807, 2.05) is 6.92 Å². The summed E-state index contributed by atoms with van der Waals surface area (Å²) in [6.45, 7) is 5.11. The third-order valence-electron chi connectivity index (χ3n) is 3.53. The van der Waals surface area contributed by atoms with Gasteiger partial charge in [0.05, 0.1) is 6.61 Å². The van der Waals surface area contributed by atoms with E-state index >= 15 is 0 Å². The lowest BCUT2D eigenvalue weighted by molar-refractivity contribution is 0.256. The van der Waals surface area contributed by atoms with Crippen molar-refractivity contribution in [3.05, 3.63) is 29.6 Å². The Bertz CT molecular complexity index is 555. The zero-order chi connectivity index (χ0) is 14.8. The van der Waals surface area contributed by atoms with Crippen molar-refractivity contribution >= 4 is 10.0 Å². The molecular weight excluding hydrogens is 269 g/mol. The maximum atomic E-state index is 13.9. The topological polar surface area (TPSA) is 57.6 Å². The van der Waals surface area contributed by atoms with Crippen LogP contribution in [0.1, 0.15) is 32.8 Å². The fraction of sp³-hybridized carbons (Fsp3) is 0.538. The molecule has 1 rings (SSSR count). The van der Waals surface area contributed by atoms with Crippen LogP contribution < -0.4 is 0 Å². The van der Waals surface area contributed by atoms with Crippen LogP contribution in [0.25, 0.3) is 0 Å². The molecule has 0 aliphatic rings. The first-order valence-corrected chi connectivity index (χ1v) is 7.49. The van der Waals surface area contributed by atoms with Crippen LogP contribution in [0.5, 0.6) is 0 Å². The molecule has 0 radical (unpaired) electrons. The van der Waals surface area contributed by atoms with Crippen molar-refractivity contribution in [2.45, 2.75) is 44.2 Å². The molecule has 0 saturated heterocycles. The molecule has 1 aromatic carbocycles. The predicted molar refractivity (Wildman–Crippen MR) is 71.6 cm³/mol. The van der Waals surface area contributed by atoms with Gasteiger partial charge in [-0.05, 0) is 38.0 Å². The van der Waals surface area contributed by atoms with E-state index in [0.717, 1.165) is 6.07 Å². The summed E-state index contributed by atoms with van der Waals surface area (Å²) in [7, 11) is -2.45. The van der Waals surface area contributed by atoms with E-state index in [-0.39, 0.29) is 11.5 Å². The molecule has 19 heavy (non-hydrogen) atoms. The third-order valence-corrected chi connectivity index (χ3v) is 5.64. The lowest BCUT2D eigenvalue weighted by atomic mass is 10.0. The lowest BCUT2D eigenvalue weighted by Gasteiger charge is -2.33. The van der Waals surface area contributed by atoms with Crippen LogP contribution >= 0.6 is 0 Å². The van der Waals surface area contributed by atoms with Gasteiger partial charge >= 0.3 is 0 Å². The molecule has 0 atom stereocenters. The Kier molecular flexibility index (Phi) is 4.71. The number of rotatable bonds is 5. The fourth-order valence-corrected chi connectivity index (χ4v) is 3.17. The van der Waals surface area contributed by atoms with Crippen molar-refractivity contribution in [3.8, 4) is 0 Å². The van der Waals surface area contributed by atoms with Crippen LogP contribution in [-0.4, -0.2) is 30.4 Å². The van der Waals surface area contributed by atoms with Gasteiger partial charge in [-0.3, -0.25) is 0 Å². The van der Waals surface area contributed by atoms with E-state index in [1.165, 1.54) is 23.5 Å². The summed E-state index contributed by atoms with van der Waals surface area (Å²) in [6, 6.07) is 3.64. The van der Waals surface area contributed by atoms with Gasteiger partial charge in [-0.25, -0.2) is 12.8 Å². The van der Waals surface area contributed by atoms with Gasteiger partial charge in [0, 0.05) is 12.6 Å². The zero-order valence-corrected chi connectivity index (χ0v) is 12.5. The summed E-state index contributed by atoms with van der Waals surface area (Å²) >= 11 is 0. The first-order chi connectivity index (χ1) is 8.66. The van der Waals surface area contributed by atoms with Gasteiger partial charge in [-0.1, -0.05) is 13.0 Å². The fourth-order valence-electron chi connectivity index (χ4n) is 1.55. The van der Waals surface area contributed by atoms with Gasteiger partial charge in [0.15, 0.2) is 0 Å².